The molecule has 3 rings (SSSR count). The highest BCUT2D eigenvalue weighted by molar-refractivity contribution is 5.70. The summed E-state index contributed by atoms with van der Waals surface area (Å²) in [5.41, 5.74) is 0. The summed E-state index contributed by atoms with van der Waals surface area (Å²) in [6, 6.07) is 9.10. The Hall–Kier alpha value is -2.37. The van der Waals surface area contributed by atoms with Crippen molar-refractivity contribution < 1.29 is 13.9 Å². The average molecular weight is 287 g/mol. The molecular weight excluding hydrogens is 270 g/mol. The van der Waals surface area contributed by atoms with E-state index in [1.807, 2.05) is 18.2 Å². The fraction of sp³-hybridized carbons (Fsp3) is 0.400. The minimum Gasteiger partial charge on any atom is -0.425 e. The molecule has 0 atom stereocenters. The van der Waals surface area contributed by atoms with E-state index < -0.39 is 0 Å². The van der Waals surface area contributed by atoms with Crippen LogP contribution in [0.2, 0.25) is 0 Å². The molecule has 1 aliphatic rings. The number of likely N-dealkylation sites (tertiary alicyclic amines) is 1. The Bertz CT molecular complexity index is 604. The lowest BCUT2D eigenvalue weighted by Crippen LogP contribution is -2.39. The molecular formula is C15H17N3O3. The molecule has 0 N–H and O–H groups in total. The van der Waals surface area contributed by atoms with E-state index in [0.717, 1.165) is 12.8 Å². The van der Waals surface area contributed by atoms with Crippen molar-refractivity contribution in [2.45, 2.75) is 25.7 Å². The molecule has 1 aromatic carbocycles. The van der Waals surface area contributed by atoms with Gasteiger partial charge in [0.1, 0.15) is 5.75 Å². The monoisotopic (exact) mass is 287 g/mol. The van der Waals surface area contributed by atoms with E-state index in [2.05, 4.69) is 10.2 Å². The molecule has 21 heavy (non-hydrogen) atoms. The average Bonchev–Trinajstić information content (AvgIpc) is 2.95. The first-order valence-electron chi connectivity index (χ1n) is 7.04. The summed E-state index contributed by atoms with van der Waals surface area (Å²) in [6.45, 7) is 3.05. The van der Waals surface area contributed by atoms with E-state index in [1.165, 1.54) is 0 Å². The molecule has 0 saturated carbocycles. The molecule has 6 heteroatoms. The number of amides is 1. The summed E-state index contributed by atoms with van der Waals surface area (Å²) in [5, 5.41) is 7.91. The molecule has 0 bridgehead atoms. The van der Waals surface area contributed by atoms with Crippen LogP contribution >= 0.6 is 0 Å². The number of benzene rings is 1. The number of nitrogens with zero attached hydrogens (tertiary/aromatic N) is 3. The van der Waals surface area contributed by atoms with Gasteiger partial charge < -0.3 is 14.1 Å². The zero-order chi connectivity index (χ0) is 14.7. The van der Waals surface area contributed by atoms with Crippen molar-refractivity contribution in [2.24, 2.45) is 0 Å². The first-order chi connectivity index (χ1) is 10.2. The molecule has 1 amide bonds. The van der Waals surface area contributed by atoms with Crippen LogP contribution in [-0.4, -0.2) is 34.3 Å². The minimum atomic E-state index is -0.304. The van der Waals surface area contributed by atoms with Gasteiger partial charge in [-0.2, -0.15) is 0 Å². The maximum absolute atomic E-state index is 12.1. The van der Waals surface area contributed by atoms with Crippen LogP contribution in [-0.2, 0) is 0 Å². The van der Waals surface area contributed by atoms with Crippen molar-refractivity contribution in [1.29, 1.82) is 0 Å². The first-order valence-corrected chi connectivity index (χ1v) is 7.04. The predicted octanol–water partition coefficient (Wildman–Crippen LogP) is 2.76. The number of carbonyl (C=O) groups is 1. The molecule has 6 nitrogen and oxygen atoms in total. The van der Waals surface area contributed by atoms with Crippen LogP contribution in [0.5, 0.6) is 5.75 Å². The molecule has 2 aromatic rings. The Balaban J connectivity index is 1.54. The Morgan fingerprint density at radius 3 is 2.57 bits per heavy atom. The normalized spacial score (nSPS) is 16.0. The maximum atomic E-state index is 12.1. The maximum Gasteiger partial charge on any atom is 0.415 e. The number of para-hydroxylation sites is 1. The van der Waals surface area contributed by atoms with Gasteiger partial charge in [0, 0.05) is 25.9 Å². The highest BCUT2D eigenvalue weighted by Gasteiger charge is 2.27. The molecule has 0 spiro atoms. The van der Waals surface area contributed by atoms with E-state index in [0.29, 0.717) is 30.6 Å². The SMILES string of the molecule is Cc1nnc(C2CCN(C(=O)Oc3ccccc3)CC2)o1. The highest BCUT2D eigenvalue weighted by Crippen LogP contribution is 2.27. The van der Waals surface area contributed by atoms with Gasteiger partial charge in [-0.1, -0.05) is 18.2 Å². The van der Waals surface area contributed by atoms with Gasteiger partial charge in [-0.05, 0) is 25.0 Å². The van der Waals surface area contributed by atoms with Crippen LogP contribution in [0.3, 0.4) is 0 Å². The van der Waals surface area contributed by atoms with Crippen LogP contribution < -0.4 is 4.74 Å². The summed E-state index contributed by atoms with van der Waals surface area (Å²) in [7, 11) is 0. The molecule has 1 saturated heterocycles. The van der Waals surface area contributed by atoms with Crippen molar-refractivity contribution in [3.8, 4) is 5.75 Å². The van der Waals surface area contributed by atoms with Gasteiger partial charge in [-0.15, -0.1) is 10.2 Å². The van der Waals surface area contributed by atoms with Gasteiger partial charge in [0.2, 0.25) is 11.8 Å². The second-order valence-electron chi connectivity index (χ2n) is 5.10. The van der Waals surface area contributed by atoms with Crippen molar-refractivity contribution >= 4 is 6.09 Å². The smallest absolute Gasteiger partial charge is 0.415 e. The number of piperidine rings is 1. The van der Waals surface area contributed by atoms with Gasteiger partial charge in [0.25, 0.3) is 0 Å². The Labute approximate surface area is 122 Å². The molecule has 0 unspecified atom stereocenters. The third kappa shape index (κ3) is 3.21. The Morgan fingerprint density at radius 1 is 1.24 bits per heavy atom. The van der Waals surface area contributed by atoms with E-state index in [4.69, 9.17) is 9.15 Å². The summed E-state index contributed by atoms with van der Waals surface area (Å²) >= 11 is 0. The summed E-state index contributed by atoms with van der Waals surface area (Å²) in [4.78, 5) is 13.8. The fourth-order valence-electron chi connectivity index (χ4n) is 2.44. The largest absolute Gasteiger partial charge is 0.425 e. The molecule has 2 heterocycles. The lowest BCUT2D eigenvalue weighted by atomic mass is 9.97. The summed E-state index contributed by atoms with van der Waals surface area (Å²) in [5.74, 6) is 2.05. The second kappa shape index (κ2) is 5.95. The van der Waals surface area contributed by atoms with Gasteiger partial charge in [-0.3, -0.25) is 0 Å². The van der Waals surface area contributed by atoms with Gasteiger partial charge in [-0.25, -0.2) is 4.79 Å². The van der Waals surface area contributed by atoms with Crippen molar-refractivity contribution in [3.63, 3.8) is 0 Å². The number of rotatable bonds is 2. The number of carbonyl (C=O) groups excluding carboxylic acids is 1. The van der Waals surface area contributed by atoms with Gasteiger partial charge >= 0.3 is 6.09 Å². The van der Waals surface area contributed by atoms with E-state index in [9.17, 15) is 4.79 Å². The third-order valence-corrected chi connectivity index (χ3v) is 3.59. The van der Waals surface area contributed by atoms with Crippen LogP contribution in [0.25, 0.3) is 0 Å². The third-order valence-electron chi connectivity index (χ3n) is 3.59. The molecule has 110 valence electrons. The van der Waals surface area contributed by atoms with E-state index in [-0.39, 0.29) is 12.0 Å². The van der Waals surface area contributed by atoms with E-state index >= 15 is 0 Å². The van der Waals surface area contributed by atoms with Crippen LogP contribution in [0.1, 0.15) is 30.5 Å². The topological polar surface area (TPSA) is 68.5 Å². The molecule has 0 aliphatic carbocycles. The van der Waals surface area contributed by atoms with Crippen LogP contribution in [0.15, 0.2) is 34.7 Å². The summed E-state index contributed by atoms with van der Waals surface area (Å²) < 4.78 is 10.8. The number of aromatic nitrogens is 2. The molecule has 1 fully saturated rings. The summed E-state index contributed by atoms with van der Waals surface area (Å²) in [6.07, 6.45) is 1.32. The second-order valence-corrected chi connectivity index (χ2v) is 5.10. The van der Waals surface area contributed by atoms with Crippen molar-refractivity contribution in [1.82, 2.24) is 15.1 Å². The Morgan fingerprint density at radius 2 is 1.95 bits per heavy atom. The number of hydrogen-bond acceptors (Lipinski definition) is 5. The standard InChI is InChI=1S/C15H17N3O3/c1-11-16-17-14(20-11)12-7-9-18(10-8-12)15(19)21-13-5-3-2-4-6-13/h2-6,12H,7-10H2,1H3. The van der Waals surface area contributed by atoms with Crippen LogP contribution in [0.4, 0.5) is 4.79 Å². The number of aryl methyl sites for hydroxylation is 1. The number of ether oxygens (including phenoxy) is 1. The van der Waals surface area contributed by atoms with Crippen molar-refractivity contribution in [3.05, 3.63) is 42.1 Å². The lowest BCUT2D eigenvalue weighted by Gasteiger charge is -2.29. The number of hydrogen-bond donors (Lipinski definition) is 0. The zero-order valence-corrected chi connectivity index (χ0v) is 11.9. The fourth-order valence-corrected chi connectivity index (χ4v) is 2.44. The minimum absolute atomic E-state index is 0.229. The van der Waals surface area contributed by atoms with E-state index in [1.54, 1.807) is 24.0 Å². The molecule has 0 radical (unpaired) electrons. The van der Waals surface area contributed by atoms with Gasteiger partial charge in [0.05, 0.1) is 0 Å². The van der Waals surface area contributed by atoms with Gasteiger partial charge in [0.15, 0.2) is 0 Å². The predicted molar refractivity (Wildman–Crippen MR) is 75.0 cm³/mol. The van der Waals surface area contributed by atoms with Crippen molar-refractivity contribution in [2.75, 3.05) is 13.1 Å². The highest BCUT2D eigenvalue weighted by atomic mass is 16.6. The quantitative estimate of drug-likeness (QED) is 0.849. The molecule has 1 aliphatic heterocycles. The lowest BCUT2D eigenvalue weighted by molar-refractivity contribution is 0.136. The zero-order valence-electron chi connectivity index (χ0n) is 11.9. The first kappa shape index (κ1) is 13.6. The molecule has 1 aromatic heterocycles. The Kier molecular flexibility index (Phi) is 3.85. The van der Waals surface area contributed by atoms with Crippen LogP contribution in [0, 0.1) is 6.92 Å².